The van der Waals surface area contributed by atoms with Crippen molar-refractivity contribution < 1.29 is 24.2 Å². The third kappa shape index (κ3) is 4.18. The Morgan fingerprint density at radius 2 is 1.35 bits per heavy atom. The van der Waals surface area contributed by atoms with Gasteiger partial charge < -0.3 is 14.6 Å². The lowest BCUT2D eigenvalue weighted by molar-refractivity contribution is 0.144. The van der Waals surface area contributed by atoms with Crippen molar-refractivity contribution >= 4 is 17.9 Å². The van der Waals surface area contributed by atoms with Crippen LogP contribution in [0.25, 0.3) is 11.1 Å². The number of benzene rings is 3. The second-order valence-corrected chi connectivity index (χ2v) is 5.24. The van der Waals surface area contributed by atoms with E-state index in [4.69, 9.17) is 14.6 Å². The summed E-state index contributed by atoms with van der Waals surface area (Å²) in [6.45, 7) is 0. The van der Waals surface area contributed by atoms with Gasteiger partial charge in [-0.1, -0.05) is 54.6 Å². The zero-order chi connectivity index (χ0) is 18.4. The molecule has 0 bridgehead atoms. The Kier molecular flexibility index (Phi) is 5.14. The Morgan fingerprint density at radius 3 is 2.08 bits per heavy atom. The molecule has 6 nitrogen and oxygen atoms in total. The first-order chi connectivity index (χ1) is 12.6. The normalized spacial score (nSPS) is 10.0. The van der Waals surface area contributed by atoms with E-state index in [-0.39, 0.29) is 5.75 Å². The Labute approximate surface area is 149 Å². The van der Waals surface area contributed by atoms with E-state index in [1.54, 1.807) is 72.8 Å². The predicted molar refractivity (Wildman–Crippen MR) is 96.6 cm³/mol. The summed E-state index contributed by atoms with van der Waals surface area (Å²) in [5.41, 5.74) is 1.61. The molecule has 0 saturated carbocycles. The number of amides is 1. The van der Waals surface area contributed by atoms with E-state index in [0.29, 0.717) is 22.6 Å². The fraction of sp³-hybridized carbons (Fsp3) is 0. The van der Waals surface area contributed by atoms with E-state index in [2.05, 4.69) is 5.32 Å². The predicted octanol–water partition coefficient (Wildman–Crippen LogP) is 5.02. The van der Waals surface area contributed by atoms with Crippen LogP contribution < -0.4 is 14.8 Å². The van der Waals surface area contributed by atoms with Crippen LogP contribution in [-0.2, 0) is 0 Å². The number of anilines is 1. The van der Waals surface area contributed by atoms with Crippen molar-refractivity contribution in [3.8, 4) is 22.6 Å². The van der Waals surface area contributed by atoms with Crippen LogP contribution in [0.15, 0.2) is 78.9 Å². The number of carbonyl (C=O) groups excluding carboxylic acids is 1. The van der Waals surface area contributed by atoms with Crippen molar-refractivity contribution in [1.82, 2.24) is 0 Å². The number of rotatable bonds is 4. The zero-order valence-electron chi connectivity index (χ0n) is 13.6. The average molecular weight is 349 g/mol. The van der Waals surface area contributed by atoms with Crippen LogP contribution in [0.5, 0.6) is 11.5 Å². The Balaban J connectivity index is 1.87. The van der Waals surface area contributed by atoms with Crippen molar-refractivity contribution in [2.24, 2.45) is 0 Å². The van der Waals surface area contributed by atoms with Gasteiger partial charge in [0.1, 0.15) is 11.5 Å². The van der Waals surface area contributed by atoms with E-state index in [1.165, 1.54) is 0 Å². The second-order valence-electron chi connectivity index (χ2n) is 5.24. The molecule has 0 aliphatic rings. The third-order valence-electron chi connectivity index (χ3n) is 3.49. The number of ether oxygens (including phenoxy) is 2. The lowest BCUT2D eigenvalue weighted by Crippen LogP contribution is -2.17. The SMILES string of the molecule is O=C(O)Oc1ccccc1-c1ccccc1NC(=O)Oc1ccccc1. The molecule has 0 aliphatic heterocycles. The number of carboxylic acid groups (broad SMARTS) is 1. The average Bonchev–Trinajstić information content (AvgIpc) is 2.63. The van der Waals surface area contributed by atoms with Crippen LogP contribution in [0.4, 0.5) is 15.3 Å². The molecular formula is C20H15NO5. The Morgan fingerprint density at radius 1 is 0.731 bits per heavy atom. The van der Waals surface area contributed by atoms with Gasteiger partial charge in [0.05, 0.1) is 5.69 Å². The number of carbonyl (C=O) groups is 2. The highest BCUT2D eigenvalue weighted by Gasteiger charge is 2.14. The molecule has 0 saturated heterocycles. The van der Waals surface area contributed by atoms with E-state index >= 15 is 0 Å². The van der Waals surface area contributed by atoms with Gasteiger partial charge in [-0.05, 0) is 24.3 Å². The molecule has 0 spiro atoms. The highest BCUT2D eigenvalue weighted by molar-refractivity contribution is 5.93. The fourth-order valence-electron chi connectivity index (χ4n) is 2.43. The largest absolute Gasteiger partial charge is 0.511 e. The maximum Gasteiger partial charge on any atom is 0.511 e. The monoisotopic (exact) mass is 349 g/mol. The number of para-hydroxylation sites is 3. The standard InChI is InChI=1S/C20H15NO5/c22-19(25-14-8-2-1-3-9-14)21-17-12-6-4-10-15(17)16-11-5-7-13-18(16)26-20(23)24/h1-13H,(H,21,22)(H,23,24). The first kappa shape index (κ1) is 17.0. The number of nitrogens with one attached hydrogen (secondary N) is 1. The van der Waals surface area contributed by atoms with E-state index < -0.39 is 12.2 Å². The molecule has 0 aliphatic carbocycles. The van der Waals surface area contributed by atoms with Gasteiger partial charge in [0.2, 0.25) is 0 Å². The Bertz CT molecular complexity index is 924. The van der Waals surface area contributed by atoms with Gasteiger partial charge in [-0.3, -0.25) is 5.32 Å². The van der Waals surface area contributed by atoms with Crippen LogP contribution in [0.3, 0.4) is 0 Å². The number of hydrogen-bond donors (Lipinski definition) is 2. The van der Waals surface area contributed by atoms with E-state index in [0.717, 1.165) is 0 Å². The summed E-state index contributed by atoms with van der Waals surface area (Å²) in [6.07, 6.45) is -2.06. The van der Waals surface area contributed by atoms with Crippen LogP contribution in [-0.4, -0.2) is 17.4 Å². The fourth-order valence-corrected chi connectivity index (χ4v) is 2.43. The summed E-state index contributed by atoms with van der Waals surface area (Å²) in [5, 5.41) is 11.6. The first-order valence-electron chi connectivity index (χ1n) is 7.76. The van der Waals surface area contributed by atoms with Crippen molar-refractivity contribution in [2.75, 3.05) is 5.32 Å². The minimum absolute atomic E-state index is 0.172. The van der Waals surface area contributed by atoms with Crippen molar-refractivity contribution in [3.63, 3.8) is 0 Å². The molecule has 0 fully saturated rings. The summed E-state index contributed by atoms with van der Waals surface area (Å²) < 4.78 is 10.1. The summed E-state index contributed by atoms with van der Waals surface area (Å²) in [7, 11) is 0. The molecule has 0 radical (unpaired) electrons. The molecule has 2 N–H and O–H groups in total. The van der Waals surface area contributed by atoms with Gasteiger partial charge >= 0.3 is 12.2 Å². The van der Waals surface area contributed by atoms with Crippen LogP contribution in [0.1, 0.15) is 0 Å². The molecule has 1 amide bonds. The molecule has 0 aromatic heterocycles. The second kappa shape index (κ2) is 7.85. The topological polar surface area (TPSA) is 84.9 Å². The van der Waals surface area contributed by atoms with Gasteiger partial charge in [0, 0.05) is 11.1 Å². The van der Waals surface area contributed by atoms with Crippen LogP contribution in [0, 0.1) is 0 Å². The van der Waals surface area contributed by atoms with Crippen molar-refractivity contribution in [3.05, 3.63) is 78.9 Å². The van der Waals surface area contributed by atoms with E-state index in [9.17, 15) is 9.59 Å². The van der Waals surface area contributed by atoms with Crippen molar-refractivity contribution in [1.29, 1.82) is 0 Å². The molecule has 3 rings (SSSR count). The smallest absolute Gasteiger partial charge is 0.449 e. The molecule has 26 heavy (non-hydrogen) atoms. The molecule has 6 heteroatoms. The summed E-state index contributed by atoms with van der Waals surface area (Å²) in [5.74, 6) is 0.586. The summed E-state index contributed by atoms with van der Waals surface area (Å²) in [4.78, 5) is 23.1. The van der Waals surface area contributed by atoms with E-state index in [1.807, 2.05) is 6.07 Å². The van der Waals surface area contributed by atoms with Crippen LogP contribution in [0.2, 0.25) is 0 Å². The maximum absolute atomic E-state index is 12.2. The third-order valence-corrected chi connectivity index (χ3v) is 3.49. The summed E-state index contributed by atoms with van der Waals surface area (Å²) in [6, 6.07) is 22.3. The Hall–Kier alpha value is -3.80. The molecular weight excluding hydrogens is 334 g/mol. The maximum atomic E-state index is 12.2. The van der Waals surface area contributed by atoms with Gasteiger partial charge in [0.15, 0.2) is 0 Å². The van der Waals surface area contributed by atoms with Crippen molar-refractivity contribution in [2.45, 2.75) is 0 Å². The van der Waals surface area contributed by atoms with Gasteiger partial charge in [-0.25, -0.2) is 9.59 Å². The lowest BCUT2D eigenvalue weighted by Gasteiger charge is -2.13. The number of hydrogen-bond acceptors (Lipinski definition) is 4. The minimum atomic E-state index is -1.41. The minimum Gasteiger partial charge on any atom is -0.449 e. The molecule has 130 valence electrons. The van der Waals surface area contributed by atoms with Crippen LogP contribution >= 0.6 is 0 Å². The highest BCUT2D eigenvalue weighted by Crippen LogP contribution is 2.35. The first-order valence-corrected chi connectivity index (χ1v) is 7.76. The van der Waals surface area contributed by atoms with Gasteiger partial charge in [-0.2, -0.15) is 0 Å². The zero-order valence-corrected chi connectivity index (χ0v) is 13.6. The molecule has 0 unspecified atom stereocenters. The molecule has 0 heterocycles. The quantitative estimate of drug-likeness (QED) is 0.510. The highest BCUT2D eigenvalue weighted by atomic mass is 16.7. The summed E-state index contributed by atoms with van der Waals surface area (Å²) >= 11 is 0. The lowest BCUT2D eigenvalue weighted by atomic mass is 10.0. The molecule has 0 atom stereocenters. The van der Waals surface area contributed by atoms with Gasteiger partial charge in [0.25, 0.3) is 0 Å². The molecule has 3 aromatic rings. The molecule has 3 aromatic carbocycles. The van der Waals surface area contributed by atoms with Gasteiger partial charge in [-0.15, -0.1) is 0 Å².